The molecule has 2 unspecified atom stereocenters. The molecule has 0 amide bonds. The van der Waals surface area contributed by atoms with Crippen LogP contribution in [-0.2, 0) is 5.41 Å². The molecule has 7 aromatic carbocycles. The van der Waals surface area contributed by atoms with Crippen LogP contribution in [0.4, 0.5) is 0 Å². The van der Waals surface area contributed by atoms with Crippen LogP contribution in [0.25, 0.3) is 77.5 Å². The number of hydrogen-bond acceptors (Lipinski definition) is 2. The minimum Gasteiger partial charge on any atom is -0.308 e. The third kappa shape index (κ3) is 5.28. The second kappa shape index (κ2) is 14.0. The van der Waals surface area contributed by atoms with Gasteiger partial charge >= 0.3 is 0 Å². The van der Waals surface area contributed by atoms with Crippen LogP contribution in [0, 0.1) is 5.92 Å². The molecule has 4 aromatic heterocycles. The Bertz CT molecular complexity index is 3300. The number of para-hydroxylation sites is 4. The van der Waals surface area contributed by atoms with Gasteiger partial charge in [0.25, 0.3) is 0 Å². The van der Waals surface area contributed by atoms with Gasteiger partial charge in [0.05, 0.1) is 62.6 Å². The molecule has 0 saturated carbocycles. The molecule has 0 spiro atoms. The highest BCUT2D eigenvalue weighted by Gasteiger charge is 2.52. The van der Waals surface area contributed by atoms with Gasteiger partial charge in [0, 0.05) is 44.5 Å². The molecule has 4 nitrogen and oxygen atoms in total. The highest BCUT2D eigenvalue weighted by atomic mass is 15.0. The molecule has 2 aliphatic carbocycles. The molecular formula is C59H40N4. The summed E-state index contributed by atoms with van der Waals surface area (Å²) in [7, 11) is 0. The molecule has 2 aliphatic rings. The molecule has 4 heterocycles. The van der Waals surface area contributed by atoms with Crippen molar-refractivity contribution in [2.45, 2.75) is 11.3 Å². The van der Waals surface area contributed by atoms with Gasteiger partial charge in [0.15, 0.2) is 0 Å². The fourth-order valence-electron chi connectivity index (χ4n) is 11.1. The minimum absolute atomic E-state index is 0.212. The van der Waals surface area contributed by atoms with Crippen LogP contribution < -0.4 is 0 Å². The Morgan fingerprint density at radius 3 is 1.24 bits per heavy atom. The lowest BCUT2D eigenvalue weighted by atomic mass is 9.63. The van der Waals surface area contributed by atoms with Gasteiger partial charge < -0.3 is 9.13 Å². The zero-order chi connectivity index (χ0) is 41.5. The van der Waals surface area contributed by atoms with Crippen LogP contribution >= 0.6 is 0 Å². The lowest BCUT2D eigenvalue weighted by Gasteiger charge is -2.39. The summed E-state index contributed by atoms with van der Waals surface area (Å²) in [5, 5.41) is 4.99. The van der Waals surface area contributed by atoms with Crippen molar-refractivity contribution >= 4 is 43.6 Å². The Morgan fingerprint density at radius 1 is 0.381 bits per heavy atom. The van der Waals surface area contributed by atoms with Crippen molar-refractivity contribution in [3.63, 3.8) is 0 Å². The first-order valence-electron chi connectivity index (χ1n) is 21.8. The van der Waals surface area contributed by atoms with Crippen LogP contribution in [0.1, 0.15) is 28.2 Å². The molecule has 0 bridgehead atoms. The predicted molar refractivity (Wildman–Crippen MR) is 259 cm³/mol. The molecule has 0 radical (unpaired) electrons. The van der Waals surface area contributed by atoms with E-state index < -0.39 is 5.41 Å². The third-order valence-corrected chi connectivity index (χ3v) is 13.8. The first kappa shape index (κ1) is 35.7. The number of rotatable bonds is 6. The lowest BCUT2D eigenvalue weighted by molar-refractivity contribution is 0.457. The quantitative estimate of drug-likeness (QED) is 0.168. The molecule has 2 atom stereocenters. The van der Waals surface area contributed by atoms with E-state index in [0.717, 1.165) is 33.9 Å². The molecule has 11 aromatic rings. The number of benzene rings is 7. The van der Waals surface area contributed by atoms with E-state index in [1.54, 1.807) is 0 Å². The van der Waals surface area contributed by atoms with Crippen molar-refractivity contribution in [1.82, 2.24) is 19.1 Å². The number of aromatic nitrogens is 4. The van der Waals surface area contributed by atoms with Gasteiger partial charge in [0.1, 0.15) is 0 Å². The van der Waals surface area contributed by atoms with Gasteiger partial charge in [-0.25, -0.2) is 0 Å². The Labute approximate surface area is 365 Å². The Morgan fingerprint density at radius 2 is 0.794 bits per heavy atom. The molecule has 4 heteroatoms. The monoisotopic (exact) mass is 804 g/mol. The maximum Gasteiger partial charge on any atom is 0.0703 e. The van der Waals surface area contributed by atoms with Gasteiger partial charge in [-0.2, -0.15) is 0 Å². The molecular weight excluding hydrogens is 765 g/mol. The highest BCUT2D eigenvalue weighted by molar-refractivity contribution is 6.10. The maximum absolute atomic E-state index is 5.06. The number of nitrogens with zero attached hydrogens (tertiary/aromatic N) is 4. The zero-order valence-corrected chi connectivity index (χ0v) is 34.4. The minimum atomic E-state index is -0.402. The standard InChI is InChI=1S/C59H40N4/c1-7-19-51-45(13-1)46-14-2-8-20-52(46)59(51,41-29-25-39(26-30-41)53-35-33-43(37-60-53)62-55-21-9-3-15-47(55)48-16-4-10-22-56(48)62)42-31-27-40(28-32-42)54-36-34-44(38-61-54)63-57-23-11-5-17-49(57)50-18-6-12-24-58(50)63/h1-38,45,51H. The second-order valence-corrected chi connectivity index (χ2v) is 16.9. The summed E-state index contributed by atoms with van der Waals surface area (Å²) in [4.78, 5) is 10.1. The van der Waals surface area contributed by atoms with Gasteiger partial charge in [-0.1, -0.05) is 170 Å². The van der Waals surface area contributed by atoms with Crippen molar-refractivity contribution in [2.24, 2.45) is 5.92 Å². The first-order valence-corrected chi connectivity index (χ1v) is 21.8. The van der Waals surface area contributed by atoms with E-state index in [0.29, 0.717) is 0 Å². The normalized spacial score (nSPS) is 16.3. The summed E-state index contributed by atoms with van der Waals surface area (Å²) in [6, 6.07) is 70.6. The van der Waals surface area contributed by atoms with Crippen molar-refractivity contribution in [1.29, 1.82) is 0 Å². The molecule has 63 heavy (non-hydrogen) atoms. The first-order chi connectivity index (χ1) is 31.3. The summed E-state index contributed by atoms with van der Waals surface area (Å²) in [5.41, 5.74) is 15.8. The SMILES string of the molecule is C1=CC2c3ccccc3C(c3ccc(-c4ccc(-n5c6ccccc6c6ccccc65)cn4)cc3)(c3ccc(-c4ccc(-n5c6ccccc6c6ccccc65)cn4)cc3)C2C=C1. The summed E-state index contributed by atoms with van der Waals surface area (Å²) in [6.45, 7) is 0. The smallest absolute Gasteiger partial charge is 0.0703 e. The summed E-state index contributed by atoms with van der Waals surface area (Å²) in [5.74, 6) is 0.486. The van der Waals surface area contributed by atoms with E-state index in [2.05, 4.69) is 228 Å². The van der Waals surface area contributed by atoms with Gasteiger partial charge in [0.2, 0.25) is 0 Å². The zero-order valence-electron chi connectivity index (χ0n) is 34.4. The molecule has 13 rings (SSSR count). The molecule has 0 saturated heterocycles. The van der Waals surface area contributed by atoms with E-state index in [-0.39, 0.29) is 11.8 Å². The number of hydrogen-bond donors (Lipinski definition) is 0. The maximum atomic E-state index is 5.06. The van der Waals surface area contributed by atoms with E-state index >= 15 is 0 Å². The van der Waals surface area contributed by atoms with Gasteiger partial charge in [-0.05, 0) is 70.8 Å². The van der Waals surface area contributed by atoms with Gasteiger partial charge in [-0.3, -0.25) is 9.97 Å². The fraction of sp³-hybridized carbons (Fsp3) is 0.0508. The predicted octanol–water partition coefficient (Wildman–Crippen LogP) is 14.2. The topological polar surface area (TPSA) is 35.6 Å². The van der Waals surface area contributed by atoms with Crippen LogP contribution in [0.15, 0.2) is 231 Å². The molecule has 0 fully saturated rings. The van der Waals surface area contributed by atoms with Crippen LogP contribution in [-0.4, -0.2) is 19.1 Å². The Hall–Kier alpha value is -8.08. The summed E-state index contributed by atoms with van der Waals surface area (Å²) >= 11 is 0. The van der Waals surface area contributed by atoms with E-state index in [1.165, 1.54) is 65.9 Å². The third-order valence-electron chi connectivity index (χ3n) is 13.8. The number of fused-ring (bicyclic) bond motifs is 9. The molecule has 0 aliphatic heterocycles. The Balaban J connectivity index is 0.871. The molecule has 0 N–H and O–H groups in total. The number of allylic oxidation sites excluding steroid dienone is 4. The van der Waals surface area contributed by atoms with Crippen molar-refractivity contribution in [2.75, 3.05) is 0 Å². The van der Waals surface area contributed by atoms with Crippen LogP contribution in [0.3, 0.4) is 0 Å². The Kier molecular flexibility index (Phi) is 7.91. The average Bonchev–Trinajstić information content (AvgIpc) is 3.99. The largest absolute Gasteiger partial charge is 0.308 e. The number of pyridine rings is 2. The van der Waals surface area contributed by atoms with Crippen molar-refractivity contribution in [3.05, 3.63) is 253 Å². The fourth-order valence-corrected chi connectivity index (χ4v) is 11.1. The lowest BCUT2D eigenvalue weighted by Crippen LogP contribution is -2.35. The highest BCUT2D eigenvalue weighted by Crippen LogP contribution is 2.59. The van der Waals surface area contributed by atoms with E-state index in [9.17, 15) is 0 Å². The summed E-state index contributed by atoms with van der Waals surface area (Å²) in [6.07, 6.45) is 13.3. The average molecular weight is 805 g/mol. The van der Waals surface area contributed by atoms with E-state index in [1.807, 2.05) is 12.4 Å². The molecule has 296 valence electrons. The van der Waals surface area contributed by atoms with Crippen LogP contribution in [0.2, 0.25) is 0 Å². The van der Waals surface area contributed by atoms with Crippen molar-refractivity contribution < 1.29 is 0 Å². The van der Waals surface area contributed by atoms with Gasteiger partial charge in [-0.15, -0.1) is 0 Å². The van der Waals surface area contributed by atoms with Crippen LogP contribution in [0.5, 0.6) is 0 Å². The second-order valence-electron chi connectivity index (χ2n) is 16.9. The van der Waals surface area contributed by atoms with Crippen molar-refractivity contribution in [3.8, 4) is 33.9 Å². The van der Waals surface area contributed by atoms with E-state index in [4.69, 9.17) is 9.97 Å². The summed E-state index contributed by atoms with van der Waals surface area (Å²) < 4.78 is 4.63.